The van der Waals surface area contributed by atoms with Crippen molar-refractivity contribution in [2.24, 2.45) is 10.9 Å². The van der Waals surface area contributed by atoms with Gasteiger partial charge in [0.05, 0.1) is 18.6 Å². The van der Waals surface area contributed by atoms with E-state index in [-0.39, 0.29) is 6.61 Å². The smallest absolute Gasteiger partial charge is 0.435 e. The van der Waals surface area contributed by atoms with Crippen molar-refractivity contribution in [2.45, 2.75) is 51.1 Å². The van der Waals surface area contributed by atoms with Crippen molar-refractivity contribution in [1.82, 2.24) is 5.32 Å². The van der Waals surface area contributed by atoms with Gasteiger partial charge in [-0.2, -0.15) is 4.99 Å². The molecule has 1 saturated heterocycles. The molecule has 5 atom stereocenters. The van der Waals surface area contributed by atoms with E-state index in [0.717, 1.165) is 12.5 Å². The summed E-state index contributed by atoms with van der Waals surface area (Å²) in [6.45, 7) is 3.61. The van der Waals surface area contributed by atoms with Crippen molar-refractivity contribution in [2.75, 3.05) is 6.61 Å². The van der Waals surface area contributed by atoms with Gasteiger partial charge >= 0.3 is 6.09 Å². The molecule has 0 aromatic rings. The van der Waals surface area contributed by atoms with Gasteiger partial charge in [0.15, 0.2) is 11.7 Å². The molecule has 2 aliphatic heterocycles. The summed E-state index contributed by atoms with van der Waals surface area (Å²) < 4.78 is 24.2. The molecule has 3 N–H and O–H groups in total. The molecule has 9 heteroatoms. The molecule has 2 aliphatic rings. The number of nitrogens with zero attached hydrogens (tertiary/aromatic N) is 1. The van der Waals surface area contributed by atoms with E-state index in [0.29, 0.717) is 6.42 Å². The van der Waals surface area contributed by atoms with Crippen molar-refractivity contribution in [3.63, 3.8) is 0 Å². The average molecular weight is 344 g/mol. The van der Waals surface area contributed by atoms with Gasteiger partial charge in [-0.15, -0.1) is 0 Å². The van der Waals surface area contributed by atoms with Gasteiger partial charge in [-0.05, 0) is 19.4 Å². The van der Waals surface area contributed by atoms with Crippen LogP contribution in [0.1, 0.15) is 26.7 Å². The van der Waals surface area contributed by atoms with Crippen molar-refractivity contribution < 1.29 is 33.7 Å². The number of hydrogen-bond acceptors (Lipinski definition) is 6. The van der Waals surface area contributed by atoms with E-state index in [4.69, 9.17) is 9.47 Å². The number of rotatable bonds is 4. The van der Waals surface area contributed by atoms with E-state index in [1.54, 1.807) is 0 Å². The number of aliphatic imine (C=N–C) groups is 1. The highest BCUT2D eigenvalue weighted by Gasteiger charge is 2.47. The van der Waals surface area contributed by atoms with E-state index in [2.05, 4.69) is 10.3 Å². The second-order valence-corrected chi connectivity index (χ2v) is 5.74. The number of amidine groups is 1. The molecule has 0 spiro atoms. The molecule has 0 saturated carbocycles. The summed E-state index contributed by atoms with van der Waals surface area (Å²) in [6.07, 6.45) is -2.86. The zero-order valence-corrected chi connectivity index (χ0v) is 13.4. The average Bonchev–Trinajstić information content (AvgIpc) is 2.78. The SMILES string of the molecule is CCCCOC(=O)/N=C1/NC(=O)C([C@@H]2OC(C)[C@H](O)[C@@H]2O)C=C1F. The molecule has 0 aromatic heterocycles. The highest BCUT2D eigenvalue weighted by Crippen LogP contribution is 2.29. The first-order valence-electron chi connectivity index (χ1n) is 7.80. The molecule has 0 aliphatic carbocycles. The van der Waals surface area contributed by atoms with Crippen molar-refractivity contribution in [1.29, 1.82) is 0 Å². The number of aliphatic hydroxyl groups is 2. The minimum absolute atomic E-state index is 0.159. The maximum Gasteiger partial charge on any atom is 0.435 e. The Morgan fingerprint density at radius 1 is 1.46 bits per heavy atom. The number of carbonyl (C=O) groups excluding carboxylic acids is 2. The third kappa shape index (κ3) is 3.97. The van der Waals surface area contributed by atoms with Gasteiger partial charge in [-0.1, -0.05) is 13.3 Å². The number of amides is 2. The van der Waals surface area contributed by atoms with E-state index in [9.17, 15) is 24.2 Å². The number of hydrogen-bond donors (Lipinski definition) is 3. The van der Waals surface area contributed by atoms with Crippen LogP contribution in [0, 0.1) is 5.92 Å². The zero-order valence-electron chi connectivity index (χ0n) is 13.4. The standard InChI is InChI=1S/C15H21FN2O6/c1-3-4-5-23-15(22)18-13-9(16)6-8(14(21)17-13)12-11(20)10(19)7(2)24-12/h6-8,10-12,19-20H,3-5H2,1-2H3,(H,17,18,21,22)/t7?,8?,10-,11-,12-/m0/s1. The van der Waals surface area contributed by atoms with E-state index in [1.165, 1.54) is 6.92 Å². The Balaban J connectivity index is 2.09. The van der Waals surface area contributed by atoms with Gasteiger partial charge in [0, 0.05) is 0 Å². The summed E-state index contributed by atoms with van der Waals surface area (Å²) in [4.78, 5) is 26.9. The first-order chi connectivity index (χ1) is 11.3. The maximum atomic E-state index is 14.1. The fourth-order valence-electron chi connectivity index (χ4n) is 2.50. The third-order valence-electron chi connectivity index (χ3n) is 3.92. The highest BCUT2D eigenvalue weighted by molar-refractivity contribution is 6.13. The number of ether oxygens (including phenoxy) is 2. The Morgan fingerprint density at radius 3 is 2.75 bits per heavy atom. The van der Waals surface area contributed by atoms with Crippen LogP contribution in [-0.2, 0) is 14.3 Å². The highest BCUT2D eigenvalue weighted by atomic mass is 19.1. The quantitative estimate of drug-likeness (QED) is 0.637. The molecular formula is C15H21FN2O6. The maximum absolute atomic E-state index is 14.1. The molecule has 2 rings (SSSR count). The van der Waals surface area contributed by atoms with Crippen LogP contribution in [0.25, 0.3) is 0 Å². The summed E-state index contributed by atoms with van der Waals surface area (Å²) in [5.74, 6) is -3.31. The van der Waals surface area contributed by atoms with Crippen LogP contribution in [-0.4, -0.2) is 59.1 Å². The van der Waals surface area contributed by atoms with Crippen LogP contribution in [0.15, 0.2) is 16.9 Å². The second-order valence-electron chi connectivity index (χ2n) is 5.74. The molecule has 0 radical (unpaired) electrons. The molecule has 134 valence electrons. The van der Waals surface area contributed by atoms with Gasteiger partial charge in [0.2, 0.25) is 5.91 Å². The number of aliphatic hydroxyl groups excluding tert-OH is 2. The molecule has 2 amide bonds. The molecule has 8 nitrogen and oxygen atoms in total. The third-order valence-corrected chi connectivity index (χ3v) is 3.92. The largest absolute Gasteiger partial charge is 0.448 e. The monoisotopic (exact) mass is 344 g/mol. The van der Waals surface area contributed by atoms with Crippen molar-refractivity contribution in [3.05, 3.63) is 11.9 Å². The topological polar surface area (TPSA) is 117 Å². The Labute approximate surface area is 138 Å². The lowest BCUT2D eigenvalue weighted by Crippen LogP contribution is -2.47. The predicted molar refractivity (Wildman–Crippen MR) is 80.9 cm³/mol. The normalized spacial score (nSPS) is 34.9. The van der Waals surface area contributed by atoms with Gasteiger partial charge in [-0.3, -0.25) is 4.79 Å². The van der Waals surface area contributed by atoms with Crippen molar-refractivity contribution in [3.8, 4) is 0 Å². The van der Waals surface area contributed by atoms with Gasteiger partial charge in [-0.25, -0.2) is 9.18 Å². The van der Waals surface area contributed by atoms with Gasteiger partial charge in [0.1, 0.15) is 18.3 Å². The Kier molecular flexibility index (Phi) is 6.03. The van der Waals surface area contributed by atoms with Crippen LogP contribution in [0.4, 0.5) is 9.18 Å². The molecule has 0 bridgehead atoms. The first-order valence-corrected chi connectivity index (χ1v) is 7.80. The zero-order chi connectivity index (χ0) is 17.9. The van der Waals surface area contributed by atoms with E-state index < -0.39 is 54.0 Å². The summed E-state index contributed by atoms with van der Waals surface area (Å²) in [7, 11) is 0. The summed E-state index contributed by atoms with van der Waals surface area (Å²) in [5, 5.41) is 21.8. The summed E-state index contributed by atoms with van der Waals surface area (Å²) in [6, 6.07) is 0. The van der Waals surface area contributed by atoms with Crippen LogP contribution in [0.5, 0.6) is 0 Å². The number of carbonyl (C=O) groups is 2. The first kappa shape index (κ1) is 18.5. The number of halogens is 1. The lowest BCUT2D eigenvalue weighted by atomic mass is 9.93. The lowest BCUT2D eigenvalue weighted by molar-refractivity contribution is -0.128. The Morgan fingerprint density at radius 2 is 2.17 bits per heavy atom. The number of unbranched alkanes of at least 4 members (excludes halogenated alkanes) is 1. The molecular weight excluding hydrogens is 323 g/mol. The fraction of sp³-hybridized carbons (Fsp3) is 0.667. The lowest BCUT2D eigenvalue weighted by Gasteiger charge is -2.25. The van der Waals surface area contributed by atoms with E-state index >= 15 is 0 Å². The van der Waals surface area contributed by atoms with Crippen LogP contribution < -0.4 is 5.32 Å². The summed E-state index contributed by atoms with van der Waals surface area (Å²) >= 11 is 0. The minimum Gasteiger partial charge on any atom is -0.448 e. The molecule has 2 unspecified atom stereocenters. The molecule has 2 heterocycles. The Hall–Kier alpha value is -1.84. The van der Waals surface area contributed by atoms with Crippen molar-refractivity contribution >= 4 is 17.8 Å². The van der Waals surface area contributed by atoms with Crippen LogP contribution in [0.2, 0.25) is 0 Å². The Bertz CT molecular complexity index is 564. The molecule has 0 aromatic carbocycles. The fourth-order valence-corrected chi connectivity index (χ4v) is 2.50. The second kappa shape index (κ2) is 7.82. The van der Waals surface area contributed by atoms with Crippen LogP contribution >= 0.6 is 0 Å². The van der Waals surface area contributed by atoms with E-state index in [1.807, 2.05) is 6.92 Å². The van der Waals surface area contributed by atoms with Gasteiger partial charge < -0.3 is 25.0 Å². The minimum atomic E-state index is -1.32. The predicted octanol–water partition coefficient (Wildman–Crippen LogP) is 0.430. The molecule has 24 heavy (non-hydrogen) atoms. The number of nitrogens with one attached hydrogen (secondary N) is 1. The molecule has 1 fully saturated rings. The van der Waals surface area contributed by atoms with Crippen LogP contribution in [0.3, 0.4) is 0 Å². The van der Waals surface area contributed by atoms with Gasteiger partial charge in [0.25, 0.3) is 0 Å². The summed E-state index contributed by atoms with van der Waals surface area (Å²) in [5.41, 5.74) is 0.